The molecule has 30 valence electrons. The highest BCUT2D eigenvalue weighted by Gasteiger charge is 1.59. The van der Waals surface area contributed by atoms with Gasteiger partial charge in [-0.15, -0.1) is 6.58 Å². The monoisotopic (exact) mass is 92.0 g/mol. The summed E-state index contributed by atoms with van der Waals surface area (Å²) in [6.07, 6.45) is 1.69. The molecule has 0 saturated heterocycles. The molecule has 0 rings (SSSR count). The van der Waals surface area contributed by atoms with Crippen molar-refractivity contribution in [2.45, 2.75) is 0 Å². The molecule has 1 N–H and O–H groups in total. The van der Waals surface area contributed by atoms with Crippen LogP contribution in [0.2, 0.25) is 0 Å². The Labute approximate surface area is 38.2 Å². The summed E-state index contributed by atoms with van der Waals surface area (Å²) in [5, 5.41) is 0. The number of halogens is 1. The topological polar surface area (TPSA) is 12.0 Å². The van der Waals surface area contributed by atoms with Crippen molar-refractivity contribution in [3.63, 3.8) is 0 Å². The van der Waals surface area contributed by atoms with Crippen LogP contribution in [0.1, 0.15) is 1.43 Å². The molecule has 0 heterocycles. The average Bonchev–Trinajstić information content (AvgIpc) is 1.41. The van der Waals surface area contributed by atoms with Crippen molar-refractivity contribution in [2.24, 2.45) is 0 Å². The van der Waals surface area contributed by atoms with Crippen molar-refractivity contribution in [1.82, 2.24) is 4.84 Å². The summed E-state index contributed by atoms with van der Waals surface area (Å²) < 4.78 is 0. The lowest BCUT2D eigenvalue weighted by Gasteiger charge is -1.75. The Morgan fingerprint density at radius 1 is 2.20 bits per heavy atom. The third-order valence-corrected chi connectivity index (χ3v) is 0.376. The van der Waals surface area contributed by atoms with Crippen LogP contribution in [0.15, 0.2) is 12.7 Å². The van der Waals surface area contributed by atoms with Gasteiger partial charge in [-0.25, -0.2) is 4.84 Å². The second-order valence-electron chi connectivity index (χ2n) is 0.626. The van der Waals surface area contributed by atoms with E-state index in [2.05, 4.69) is 11.4 Å². The van der Waals surface area contributed by atoms with E-state index in [1.54, 1.807) is 6.08 Å². The Hall–Kier alpha value is -0.0100. The Bertz CT molecular complexity index is 32.0. The maximum absolute atomic E-state index is 4.98. The van der Waals surface area contributed by atoms with Crippen LogP contribution in [-0.2, 0) is 0 Å². The molecule has 0 spiro atoms. The Balaban J connectivity index is 0. The first-order chi connectivity index (χ1) is 2.41. The molecule has 1 nitrogen and oxygen atoms in total. The van der Waals surface area contributed by atoms with Crippen molar-refractivity contribution < 1.29 is 1.43 Å². The lowest BCUT2D eigenvalue weighted by Crippen LogP contribution is -1.93. The quantitative estimate of drug-likeness (QED) is 0.396. The molecule has 0 aromatic rings. The van der Waals surface area contributed by atoms with Gasteiger partial charge in [0.2, 0.25) is 0 Å². The number of rotatable bonds is 2. The molecule has 0 saturated carbocycles. The molecule has 0 bridgehead atoms. The van der Waals surface area contributed by atoms with E-state index >= 15 is 0 Å². The molecule has 0 radical (unpaired) electrons. The normalized spacial score (nSPS) is 7.40. The first-order valence-corrected chi connectivity index (χ1v) is 1.74. The molecule has 0 amide bonds. The minimum atomic E-state index is 0. The number of hydrogen-bond acceptors (Lipinski definition) is 1. The summed E-state index contributed by atoms with van der Waals surface area (Å²) in [7, 11) is 0. The Morgan fingerprint density at radius 2 is 2.80 bits per heavy atom. The van der Waals surface area contributed by atoms with E-state index in [0.717, 1.165) is 0 Å². The number of hydrogen-bond donors (Lipinski definition) is 1. The van der Waals surface area contributed by atoms with Gasteiger partial charge >= 0.3 is 1.43 Å². The third-order valence-electron chi connectivity index (χ3n) is 0.221. The van der Waals surface area contributed by atoms with Gasteiger partial charge in [-0.2, -0.15) is 0 Å². The molecule has 0 aromatic carbocycles. The highest BCUT2D eigenvalue weighted by atomic mass is 35.5. The molecule has 0 unspecified atom stereocenters. The summed E-state index contributed by atoms with van der Waals surface area (Å²) in [4.78, 5) is 2.37. The zero-order chi connectivity index (χ0) is 4.12. The van der Waals surface area contributed by atoms with Gasteiger partial charge in [0.05, 0.1) is 0 Å². The van der Waals surface area contributed by atoms with Crippen LogP contribution in [-0.4, -0.2) is 6.54 Å². The summed E-state index contributed by atoms with van der Waals surface area (Å²) in [6.45, 7) is 4.07. The minimum Gasteiger partial charge on any atom is -0.230 e. The maximum atomic E-state index is 4.98. The van der Waals surface area contributed by atoms with Gasteiger partial charge in [0.25, 0.3) is 0 Å². The van der Waals surface area contributed by atoms with Gasteiger partial charge in [0.15, 0.2) is 0 Å². The van der Waals surface area contributed by atoms with E-state index in [-0.39, 0.29) is 1.43 Å². The SMILES string of the molecule is C=CCNCl.[H+]. The summed E-state index contributed by atoms with van der Waals surface area (Å²) in [6, 6.07) is 0. The molecule has 5 heavy (non-hydrogen) atoms. The van der Waals surface area contributed by atoms with Gasteiger partial charge in [0.1, 0.15) is 0 Å². The first kappa shape index (κ1) is 4.99. The highest BCUT2D eigenvalue weighted by Crippen LogP contribution is 1.58. The zero-order valence-electron chi connectivity index (χ0n) is 3.87. The molecule has 0 aromatic heterocycles. The molecule has 0 aliphatic carbocycles. The van der Waals surface area contributed by atoms with Gasteiger partial charge in [-0.05, 0) is 11.8 Å². The predicted octanol–water partition coefficient (Wildman–Crippen LogP) is 1.03. The van der Waals surface area contributed by atoms with Crippen molar-refractivity contribution >= 4 is 11.8 Å². The lowest BCUT2D eigenvalue weighted by molar-refractivity contribution is 1.12. The second kappa shape index (κ2) is 3.99. The molecule has 2 heteroatoms. The summed E-state index contributed by atoms with van der Waals surface area (Å²) >= 11 is 4.98. The average molecular weight is 92.5 g/mol. The first-order valence-electron chi connectivity index (χ1n) is 1.36. The van der Waals surface area contributed by atoms with Crippen LogP contribution < -0.4 is 4.84 Å². The van der Waals surface area contributed by atoms with Crippen LogP contribution in [0.25, 0.3) is 0 Å². The van der Waals surface area contributed by atoms with E-state index in [1.807, 2.05) is 0 Å². The van der Waals surface area contributed by atoms with Gasteiger partial charge in [-0.1, -0.05) is 6.08 Å². The summed E-state index contributed by atoms with van der Waals surface area (Å²) in [5.41, 5.74) is 0. The largest absolute Gasteiger partial charge is 1.00 e. The van der Waals surface area contributed by atoms with E-state index in [4.69, 9.17) is 11.8 Å². The highest BCUT2D eigenvalue weighted by molar-refractivity contribution is 6.13. The third kappa shape index (κ3) is 3.99. The second-order valence-corrected chi connectivity index (χ2v) is 0.894. The van der Waals surface area contributed by atoms with E-state index < -0.39 is 0 Å². The van der Waals surface area contributed by atoms with Gasteiger partial charge in [0, 0.05) is 6.54 Å². The standard InChI is InChI=1S/C3H6ClN/c1-2-3-5-4/h2,5H,1,3H2/p+1. The Kier molecular flexibility index (Phi) is 3.98. The van der Waals surface area contributed by atoms with Crippen LogP contribution in [0.3, 0.4) is 0 Å². The van der Waals surface area contributed by atoms with Crippen LogP contribution in [0.4, 0.5) is 0 Å². The van der Waals surface area contributed by atoms with E-state index in [1.165, 1.54) is 0 Å². The fraction of sp³-hybridized carbons (Fsp3) is 0.333. The van der Waals surface area contributed by atoms with Gasteiger partial charge < -0.3 is 0 Å². The maximum Gasteiger partial charge on any atom is 1.00 e. The molecule has 0 fully saturated rings. The zero-order valence-corrected chi connectivity index (χ0v) is 3.63. The van der Waals surface area contributed by atoms with Crippen LogP contribution >= 0.6 is 11.8 Å². The fourth-order valence-electron chi connectivity index (χ4n) is 0.0546. The lowest BCUT2D eigenvalue weighted by atomic mass is 10.7. The van der Waals surface area contributed by atoms with Gasteiger partial charge in [-0.3, -0.25) is 0 Å². The van der Waals surface area contributed by atoms with Crippen molar-refractivity contribution in [3.8, 4) is 0 Å². The Morgan fingerprint density at radius 3 is 2.80 bits per heavy atom. The van der Waals surface area contributed by atoms with Crippen molar-refractivity contribution in [2.75, 3.05) is 6.54 Å². The van der Waals surface area contributed by atoms with Crippen LogP contribution in [0.5, 0.6) is 0 Å². The smallest absolute Gasteiger partial charge is 0.230 e. The van der Waals surface area contributed by atoms with Crippen LogP contribution in [0, 0.1) is 0 Å². The molecular weight excluding hydrogens is 85.5 g/mol. The fourth-order valence-corrected chi connectivity index (χ4v) is 0.164. The van der Waals surface area contributed by atoms with Crippen molar-refractivity contribution in [3.05, 3.63) is 12.7 Å². The molecule has 0 atom stereocenters. The minimum absolute atomic E-state index is 0. The molecule has 0 aliphatic heterocycles. The summed E-state index contributed by atoms with van der Waals surface area (Å²) in [5.74, 6) is 0. The van der Waals surface area contributed by atoms with Crippen molar-refractivity contribution in [1.29, 1.82) is 0 Å². The van der Waals surface area contributed by atoms with E-state index in [0.29, 0.717) is 6.54 Å². The number of nitrogens with one attached hydrogen (secondary N) is 1. The molecule has 0 aliphatic rings. The predicted molar refractivity (Wildman–Crippen MR) is 25.2 cm³/mol. The van der Waals surface area contributed by atoms with E-state index in [9.17, 15) is 0 Å². The molecular formula is C3H7ClN+.